The summed E-state index contributed by atoms with van der Waals surface area (Å²) < 4.78 is 5.32. The Balaban J connectivity index is 1.36. The smallest absolute Gasteiger partial charge is 0.254 e. The van der Waals surface area contributed by atoms with Crippen molar-refractivity contribution in [1.82, 2.24) is 19.9 Å². The summed E-state index contributed by atoms with van der Waals surface area (Å²) in [4.78, 5) is 21.3. The summed E-state index contributed by atoms with van der Waals surface area (Å²) in [6, 6.07) is 15.2. The third-order valence-corrected chi connectivity index (χ3v) is 5.98. The first-order valence-electron chi connectivity index (χ1n) is 10.6. The summed E-state index contributed by atoms with van der Waals surface area (Å²) in [5, 5.41) is 4.55. The highest BCUT2D eigenvalue weighted by atomic mass is 35.5. The molecule has 1 aliphatic heterocycles. The van der Waals surface area contributed by atoms with Crippen molar-refractivity contribution < 1.29 is 9.32 Å². The summed E-state index contributed by atoms with van der Waals surface area (Å²) in [5.74, 6) is 1.45. The molecule has 1 fully saturated rings. The second-order valence-electron chi connectivity index (χ2n) is 8.33. The molecule has 0 saturated carbocycles. The topological polar surface area (TPSA) is 62.5 Å². The quantitative estimate of drug-likeness (QED) is 0.548. The van der Waals surface area contributed by atoms with E-state index in [1.807, 2.05) is 42.5 Å². The first-order chi connectivity index (χ1) is 15.0. The lowest BCUT2D eigenvalue weighted by Crippen LogP contribution is -2.33. The van der Waals surface area contributed by atoms with Crippen LogP contribution >= 0.6 is 11.6 Å². The molecular formula is C24H27ClN4O2. The maximum absolute atomic E-state index is 12.8. The summed E-state index contributed by atoms with van der Waals surface area (Å²) in [7, 11) is 1.73. The number of likely N-dealkylation sites (tertiary alicyclic amines) is 1. The molecule has 31 heavy (non-hydrogen) atoms. The summed E-state index contributed by atoms with van der Waals surface area (Å²) in [6.45, 7) is 5.76. The molecule has 7 heteroatoms. The maximum Gasteiger partial charge on any atom is 0.254 e. The van der Waals surface area contributed by atoms with Crippen molar-refractivity contribution in [2.24, 2.45) is 5.92 Å². The molecule has 1 aliphatic rings. The third-order valence-electron chi connectivity index (χ3n) is 5.65. The Morgan fingerprint density at radius 1 is 1.23 bits per heavy atom. The van der Waals surface area contributed by atoms with Crippen molar-refractivity contribution >= 4 is 17.5 Å². The van der Waals surface area contributed by atoms with Gasteiger partial charge in [0.1, 0.15) is 0 Å². The van der Waals surface area contributed by atoms with Gasteiger partial charge in [-0.05, 0) is 55.1 Å². The normalized spacial score (nSPS) is 16.9. The Morgan fingerprint density at radius 2 is 2.00 bits per heavy atom. The Kier molecular flexibility index (Phi) is 6.68. The first kappa shape index (κ1) is 21.5. The van der Waals surface area contributed by atoms with Crippen LogP contribution in [0.25, 0.3) is 11.4 Å². The predicted molar refractivity (Wildman–Crippen MR) is 121 cm³/mol. The molecule has 6 nitrogen and oxygen atoms in total. The van der Waals surface area contributed by atoms with Crippen molar-refractivity contribution in [3.63, 3.8) is 0 Å². The number of rotatable bonds is 6. The Morgan fingerprint density at radius 3 is 2.74 bits per heavy atom. The van der Waals surface area contributed by atoms with Gasteiger partial charge in [0.25, 0.3) is 5.91 Å². The van der Waals surface area contributed by atoms with Crippen molar-refractivity contribution in [3.8, 4) is 11.4 Å². The number of aromatic nitrogens is 2. The van der Waals surface area contributed by atoms with Gasteiger partial charge in [0.2, 0.25) is 11.7 Å². The zero-order valence-corrected chi connectivity index (χ0v) is 18.7. The first-order valence-corrected chi connectivity index (χ1v) is 11.0. The van der Waals surface area contributed by atoms with Crippen LogP contribution in [0.2, 0.25) is 5.02 Å². The molecule has 2 heterocycles. The van der Waals surface area contributed by atoms with Crippen LogP contribution in [-0.4, -0.2) is 46.0 Å². The molecule has 0 radical (unpaired) electrons. The van der Waals surface area contributed by atoms with Crippen molar-refractivity contribution in [1.29, 1.82) is 0 Å². The van der Waals surface area contributed by atoms with Gasteiger partial charge >= 0.3 is 0 Å². The summed E-state index contributed by atoms with van der Waals surface area (Å²) in [5.41, 5.74) is 2.57. The average molecular weight is 439 g/mol. The fourth-order valence-electron chi connectivity index (χ4n) is 4.01. The highest BCUT2D eigenvalue weighted by Gasteiger charge is 2.19. The fourth-order valence-corrected chi connectivity index (χ4v) is 4.23. The highest BCUT2D eigenvalue weighted by molar-refractivity contribution is 6.33. The van der Waals surface area contributed by atoms with Crippen LogP contribution < -0.4 is 0 Å². The van der Waals surface area contributed by atoms with Gasteiger partial charge in [0.05, 0.1) is 11.6 Å². The lowest BCUT2D eigenvalue weighted by molar-refractivity contribution is 0.0769. The monoisotopic (exact) mass is 438 g/mol. The molecular weight excluding hydrogens is 412 g/mol. The predicted octanol–water partition coefficient (Wildman–Crippen LogP) is 4.89. The van der Waals surface area contributed by atoms with Gasteiger partial charge in [0, 0.05) is 31.3 Å². The molecule has 4 rings (SSSR count). The Hall–Kier alpha value is -2.70. The number of piperidine rings is 1. The number of hydrogen-bond donors (Lipinski definition) is 0. The minimum atomic E-state index is -0.0874. The molecule has 1 saturated heterocycles. The number of carbonyl (C=O) groups excluding carboxylic acids is 1. The van der Waals surface area contributed by atoms with E-state index in [0.29, 0.717) is 27.9 Å². The van der Waals surface area contributed by atoms with E-state index in [2.05, 4.69) is 22.0 Å². The Labute approximate surface area is 187 Å². The van der Waals surface area contributed by atoms with E-state index in [-0.39, 0.29) is 12.5 Å². The number of halogens is 1. The molecule has 0 unspecified atom stereocenters. The van der Waals surface area contributed by atoms with Gasteiger partial charge in [-0.3, -0.25) is 9.69 Å². The van der Waals surface area contributed by atoms with E-state index in [1.165, 1.54) is 18.4 Å². The molecule has 1 amide bonds. The molecule has 0 aliphatic carbocycles. The van der Waals surface area contributed by atoms with Crippen LogP contribution in [0.15, 0.2) is 53.1 Å². The summed E-state index contributed by atoms with van der Waals surface area (Å²) in [6.07, 6.45) is 2.58. The minimum Gasteiger partial charge on any atom is -0.337 e. The molecule has 162 valence electrons. The van der Waals surface area contributed by atoms with Gasteiger partial charge in [-0.15, -0.1) is 0 Å². The largest absolute Gasteiger partial charge is 0.337 e. The number of carbonyl (C=O) groups is 1. The standard InChI is InChI=1S/C24H27ClN4O2/c1-17-6-5-13-29(14-17)15-18-9-11-19(12-10-18)24(30)28(2)16-22-26-23(27-31-22)20-7-3-4-8-21(20)25/h3-4,7-12,17H,5-6,13-16H2,1-2H3/t17-/m1/s1. The lowest BCUT2D eigenvalue weighted by atomic mass is 9.99. The van der Waals surface area contributed by atoms with Crippen LogP contribution in [0.4, 0.5) is 0 Å². The molecule has 0 N–H and O–H groups in total. The molecule has 1 aromatic heterocycles. The SMILES string of the molecule is C[C@@H]1CCCN(Cc2ccc(C(=O)N(C)Cc3nc(-c4ccccc4Cl)no3)cc2)C1. The molecule has 0 bridgehead atoms. The van der Waals surface area contributed by atoms with Crippen LogP contribution in [0, 0.1) is 5.92 Å². The summed E-state index contributed by atoms with van der Waals surface area (Å²) >= 11 is 6.20. The van der Waals surface area contributed by atoms with Crippen molar-refractivity contribution in [2.45, 2.75) is 32.9 Å². The van der Waals surface area contributed by atoms with E-state index < -0.39 is 0 Å². The van der Waals surface area contributed by atoms with E-state index >= 15 is 0 Å². The number of hydrogen-bond acceptors (Lipinski definition) is 5. The van der Waals surface area contributed by atoms with Gasteiger partial charge in [-0.1, -0.05) is 47.9 Å². The van der Waals surface area contributed by atoms with Crippen LogP contribution in [0.1, 0.15) is 41.6 Å². The van der Waals surface area contributed by atoms with Gasteiger partial charge < -0.3 is 9.42 Å². The van der Waals surface area contributed by atoms with E-state index in [9.17, 15) is 4.79 Å². The van der Waals surface area contributed by atoms with Gasteiger partial charge in [-0.25, -0.2) is 0 Å². The van der Waals surface area contributed by atoms with E-state index in [0.717, 1.165) is 25.6 Å². The van der Waals surface area contributed by atoms with E-state index in [1.54, 1.807) is 18.0 Å². The van der Waals surface area contributed by atoms with Crippen LogP contribution in [0.5, 0.6) is 0 Å². The maximum atomic E-state index is 12.8. The number of nitrogens with zero attached hydrogens (tertiary/aromatic N) is 4. The van der Waals surface area contributed by atoms with Gasteiger partial charge in [-0.2, -0.15) is 4.98 Å². The molecule has 3 aromatic rings. The number of benzene rings is 2. The fraction of sp³-hybridized carbons (Fsp3) is 0.375. The molecule has 0 spiro atoms. The van der Waals surface area contributed by atoms with Crippen LogP contribution in [-0.2, 0) is 13.1 Å². The molecule has 1 atom stereocenters. The van der Waals surface area contributed by atoms with Gasteiger partial charge in [0.15, 0.2) is 0 Å². The highest BCUT2D eigenvalue weighted by Crippen LogP contribution is 2.25. The minimum absolute atomic E-state index is 0.0874. The zero-order valence-electron chi connectivity index (χ0n) is 17.9. The molecule has 2 aromatic carbocycles. The van der Waals surface area contributed by atoms with E-state index in [4.69, 9.17) is 16.1 Å². The Bertz CT molecular complexity index is 1030. The second kappa shape index (κ2) is 9.62. The average Bonchev–Trinajstić information content (AvgIpc) is 3.22. The lowest BCUT2D eigenvalue weighted by Gasteiger charge is -2.30. The third kappa shape index (κ3) is 5.32. The number of amides is 1. The van der Waals surface area contributed by atoms with Crippen molar-refractivity contribution in [2.75, 3.05) is 20.1 Å². The second-order valence-corrected chi connectivity index (χ2v) is 8.74. The van der Waals surface area contributed by atoms with Crippen molar-refractivity contribution in [3.05, 3.63) is 70.6 Å². The zero-order chi connectivity index (χ0) is 21.8. The van der Waals surface area contributed by atoms with Crippen LogP contribution in [0.3, 0.4) is 0 Å².